The molecule has 0 unspecified atom stereocenters. The first-order valence-electron chi connectivity index (χ1n) is 8.32. The van der Waals surface area contributed by atoms with Gasteiger partial charge in [-0.15, -0.1) is 11.3 Å². The highest BCUT2D eigenvalue weighted by Crippen LogP contribution is 2.22. The van der Waals surface area contributed by atoms with Crippen molar-refractivity contribution in [3.63, 3.8) is 0 Å². The zero-order valence-electron chi connectivity index (χ0n) is 14.7. The number of thiazole rings is 1. The van der Waals surface area contributed by atoms with Crippen molar-refractivity contribution in [2.45, 2.75) is 32.0 Å². The van der Waals surface area contributed by atoms with Crippen LogP contribution in [0.3, 0.4) is 0 Å². The molecule has 0 aliphatic carbocycles. The van der Waals surface area contributed by atoms with E-state index in [0.29, 0.717) is 23.4 Å². The fraction of sp³-hybridized carbons (Fsp3) is 0.500. The summed E-state index contributed by atoms with van der Waals surface area (Å²) in [6, 6.07) is -0.700. The number of imidazole rings is 1. The third kappa shape index (κ3) is 4.13. The molecule has 0 aromatic carbocycles. The summed E-state index contributed by atoms with van der Waals surface area (Å²) in [7, 11) is 3.57. The van der Waals surface area contributed by atoms with Gasteiger partial charge in [0.15, 0.2) is 10.4 Å². The minimum absolute atomic E-state index is 0.257. The van der Waals surface area contributed by atoms with Gasteiger partial charge in [-0.05, 0) is 35.9 Å². The van der Waals surface area contributed by atoms with Gasteiger partial charge < -0.3 is 20.1 Å². The molecule has 2 amide bonds. The maximum Gasteiger partial charge on any atom is 0.272 e. The summed E-state index contributed by atoms with van der Waals surface area (Å²) in [5, 5.41) is 7.29. The van der Waals surface area contributed by atoms with Crippen LogP contribution in [0.25, 0.3) is 0 Å². The van der Waals surface area contributed by atoms with Gasteiger partial charge in [-0.2, -0.15) is 0 Å². The van der Waals surface area contributed by atoms with Gasteiger partial charge in [0.05, 0.1) is 16.9 Å². The second-order valence-corrected chi connectivity index (χ2v) is 7.67. The van der Waals surface area contributed by atoms with E-state index in [9.17, 15) is 9.59 Å². The van der Waals surface area contributed by atoms with Crippen molar-refractivity contribution in [3.05, 3.63) is 32.7 Å². The second-order valence-electron chi connectivity index (χ2n) is 6.24. The highest BCUT2D eigenvalue weighted by molar-refractivity contribution is 9.10. The van der Waals surface area contributed by atoms with Crippen LogP contribution in [0.15, 0.2) is 15.6 Å². The van der Waals surface area contributed by atoms with Crippen LogP contribution >= 0.6 is 27.3 Å². The zero-order chi connectivity index (χ0) is 18.7. The number of rotatable bonds is 5. The van der Waals surface area contributed by atoms with Crippen LogP contribution < -0.4 is 10.6 Å². The van der Waals surface area contributed by atoms with Gasteiger partial charge in [0.1, 0.15) is 6.04 Å². The summed E-state index contributed by atoms with van der Waals surface area (Å²) < 4.78 is 2.66. The second kappa shape index (κ2) is 8.28. The Morgan fingerprint density at radius 2 is 2.23 bits per heavy atom. The summed E-state index contributed by atoms with van der Waals surface area (Å²) in [4.78, 5) is 35.9. The predicted molar refractivity (Wildman–Crippen MR) is 102 cm³/mol. The summed E-state index contributed by atoms with van der Waals surface area (Å²) >= 11 is 4.91. The fourth-order valence-corrected chi connectivity index (χ4v) is 4.16. The average molecular weight is 441 g/mol. The Bertz CT molecular complexity index is 791. The molecule has 0 spiro atoms. The monoisotopic (exact) mass is 440 g/mol. The molecule has 1 atom stereocenters. The lowest BCUT2D eigenvalue weighted by Gasteiger charge is -2.17. The molecule has 2 aromatic rings. The molecule has 26 heavy (non-hydrogen) atoms. The van der Waals surface area contributed by atoms with Crippen LogP contribution in [-0.4, -0.2) is 57.9 Å². The summed E-state index contributed by atoms with van der Waals surface area (Å²) in [6.07, 6.45) is 1.33. The lowest BCUT2D eigenvalue weighted by atomic mass is 10.1. The van der Waals surface area contributed by atoms with Gasteiger partial charge in [0.25, 0.3) is 5.91 Å². The molecule has 2 N–H and O–H groups in total. The molecular weight excluding hydrogens is 420 g/mol. The standard InChI is InChI=1S/C16H21BrN6O2S/c1-18-14(24)11(6-10-8-26-9-19-10)20-15(25)13-12-7-22(2)4-3-5-23(12)16(17)21-13/h8-9,11H,3-7H2,1-2H3,(H,18,24)(H,20,25)/t11-/m0/s1. The first-order valence-corrected chi connectivity index (χ1v) is 10.1. The van der Waals surface area contributed by atoms with Crippen molar-refractivity contribution in [2.75, 3.05) is 20.6 Å². The number of carbonyl (C=O) groups is 2. The van der Waals surface area contributed by atoms with E-state index < -0.39 is 6.04 Å². The molecule has 3 heterocycles. The van der Waals surface area contributed by atoms with Gasteiger partial charge in [0, 0.05) is 31.9 Å². The Balaban J connectivity index is 1.82. The topological polar surface area (TPSA) is 92.1 Å². The van der Waals surface area contributed by atoms with E-state index in [1.165, 1.54) is 11.3 Å². The van der Waals surface area contributed by atoms with Crippen LogP contribution in [0.5, 0.6) is 0 Å². The smallest absolute Gasteiger partial charge is 0.272 e. The van der Waals surface area contributed by atoms with Crippen molar-refractivity contribution < 1.29 is 9.59 Å². The van der Waals surface area contributed by atoms with Crippen LogP contribution in [0.4, 0.5) is 0 Å². The van der Waals surface area contributed by atoms with Gasteiger partial charge in [-0.3, -0.25) is 9.59 Å². The van der Waals surface area contributed by atoms with Crippen molar-refractivity contribution in [3.8, 4) is 0 Å². The number of nitrogens with one attached hydrogen (secondary N) is 2. The molecule has 3 rings (SSSR count). The first-order chi connectivity index (χ1) is 12.5. The van der Waals surface area contributed by atoms with Gasteiger partial charge in [0.2, 0.25) is 5.91 Å². The SMILES string of the molecule is CNC(=O)[C@H](Cc1cscn1)NC(=O)c1nc(Br)n2c1CN(C)CCC2. The van der Waals surface area contributed by atoms with Crippen molar-refractivity contribution in [1.29, 1.82) is 0 Å². The molecule has 0 bridgehead atoms. The maximum atomic E-state index is 12.9. The molecule has 1 aliphatic rings. The van der Waals surface area contributed by atoms with Crippen LogP contribution in [0.1, 0.15) is 28.3 Å². The van der Waals surface area contributed by atoms with E-state index in [-0.39, 0.29) is 11.8 Å². The molecule has 0 saturated carbocycles. The number of nitrogens with zero attached hydrogens (tertiary/aromatic N) is 4. The maximum absolute atomic E-state index is 12.9. The van der Waals surface area contributed by atoms with E-state index in [2.05, 4.69) is 41.4 Å². The minimum atomic E-state index is -0.700. The molecular formula is C16H21BrN6O2S. The number of aromatic nitrogens is 3. The van der Waals surface area contributed by atoms with E-state index in [1.54, 1.807) is 12.6 Å². The highest BCUT2D eigenvalue weighted by atomic mass is 79.9. The summed E-state index contributed by atoms with van der Waals surface area (Å²) in [5.74, 6) is -0.605. The fourth-order valence-electron chi connectivity index (χ4n) is 3.02. The van der Waals surface area contributed by atoms with Crippen molar-refractivity contribution in [1.82, 2.24) is 30.1 Å². The minimum Gasteiger partial charge on any atom is -0.357 e. The number of fused-ring (bicyclic) bond motifs is 1. The van der Waals surface area contributed by atoms with E-state index in [1.807, 2.05) is 17.0 Å². The Kier molecular flexibility index (Phi) is 6.05. The van der Waals surface area contributed by atoms with Crippen LogP contribution in [0.2, 0.25) is 0 Å². The third-order valence-corrected chi connectivity index (χ3v) is 5.59. The third-order valence-electron chi connectivity index (χ3n) is 4.35. The Morgan fingerprint density at radius 1 is 1.42 bits per heavy atom. The summed E-state index contributed by atoms with van der Waals surface area (Å²) in [5.41, 5.74) is 3.70. The lowest BCUT2D eigenvalue weighted by Crippen LogP contribution is -2.47. The number of hydrogen-bond acceptors (Lipinski definition) is 6. The molecule has 8 nitrogen and oxygen atoms in total. The molecule has 0 fully saturated rings. The van der Waals surface area contributed by atoms with Crippen molar-refractivity contribution in [2.24, 2.45) is 0 Å². The van der Waals surface area contributed by atoms with Crippen molar-refractivity contribution >= 4 is 39.1 Å². The molecule has 10 heteroatoms. The molecule has 0 saturated heterocycles. The van der Waals surface area contributed by atoms with Gasteiger partial charge in [-0.25, -0.2) is 9.97 Å². The quantitative estimate of drug-likeness (QED) is 0.723. The molecule has 140 valence electrons. The number of likely N-dealkylation sites (N-methyl/N-ethyl adjacent to an activating group) is 1. The number of halogens is 1. The highest BCUT2D eigenvalue weighted by Gasteiger charge is 2.28. The lowest BCUT2D eigenvalue weighted by molar-refractivity contribution is -0.122. The number of carbonyl (C=O) groups excluding carboxylic acids is 2. The van der Waals surface area contributed by atoms with E-state index >= 15 is 0 Å². The largest absolute Gasteiger partial charge is 0.357 e. The van der Waals surface area contributed by atoms with E-state index in [4.69, 9.17) is 0 Å². The zero-order valence-corrected chi connectivity index (χ0v) is 17.1. The molecule has 1 aliphatic heterocycles. The van der Waals surface area contributed by atoms with Gasteiger partial charge in [-0.1, -0.05) is 0 Å². The number of hydrogen-bond donors (Lipinski definition) is 2. The molecule has 2 aromatic heterocycles. The summed E-state index contributed by atoms with van der Waals surface area (Å²) in [6.45, 7) is 2.40. The first kappa shape index (κ1) is 19.0. The van der Waals surface area contributed by atoms with Crippen LogP contribution in [-0.2, 0) is 24.3 Å². The average Bonchev–Trinajstić information content (AvgIpc) is 3.17. The predicted octanol–water partition coefficient (Wildman–Crippen LogP) is 1.02. The Labute approximate surface area is 164 Å². The van der Waals surface area contributed by atoms with Crippen LogP contribution in [0, 0.1) is 0 Å². The van der Waals surface area contributed by atoms with E-state index in [0.717, 1.165) is 30.9 Å². The molecule has 0 radical (unpaired) electrons. The Morgan fingerprint density at radius 3 is 2.92 bits per heavy atom. The number of amides is 2. The van der Waals surface area contributed by atoms with Gasteiger partial charge >= 0.3 is 0 Å². The Hall–Kier alpha value is -1.78. The normalized spacial score (nSPS) is 15.8.